The van der Waals surface area contributed by atoms with E-state index in [1.54, 1.807) is 42.5 Å². The van der Waals surface area contributed by atoms with Gasteiger partial charge in [0.2, 0.25) is 0 Å². The molecule has 1 aromatic carbocycles. The Morgan fingerprint density at radius 1 is 1.00 bits per heavy atom. The predicted octanol–water partition coefficient (Wildman–Crippen LogP) is 4.72. The van der Waals surface area contributed by atoms with Crippen molar-refractivity contribution in [1.29, 1.82) is 0 Å². The number of hydrogen-bond donors (Lipinski definition) is 1. The maximum atomic E-state index is 13.6. The number of methoxy groups -OCH3 is 1. The minimum absolute atomic E-state index is 0.0805. The highest BCUT2D eigenvalue weighted by Crippen LogP contribution is 2.36. The molecule has 1 saturated carbocycles. The average molecular weight is 422 g/mol. The van der Waals surface area contributed by atoms with E-state index < -0.39 is 11.9 Å². The van der Waals surface area contributed by atoms with E-state index in [1.165, 1.54) is 31.0 Å². The van der Waals surface area contributed by atoms with Gasteiger partial charge in [0.1, 0.15) is 11.5 Å². The molecule has 0 radical (unpaired) electrons. The van der Waals surface area contributed by atoms with Crippen molar-refractivity contribution < 1.29 is 23.2 Å². The molecule has 1 aliphatic carbocycles. The Hall–Kier alpha value is -3.48. The molecule has 7 heteroatoms. The Labute approximate surface area is 181 Å². The van der Waals surface area contributed by atoms with E-state index in [0.29, 0.717) is 17.2 Å². The lowest BCUT2D eigenvalue weighted by molar-refractivity contribution is -0.123. The molecule has 0 saturated heterocycles. The van der Waals surface area contributed by atoms with Crippen LogP contribution in [0.25, 0.3) is 0 Å². The number of amides is 2. The number of nitrogens with one attached hydrogen (secondary N) is 1. The standard InChI is InChI=1S/C24H26N2O5/c1-29-19-12-6-5-11-18(19)26(24(28)21-14-8-16-31-21)22(20-13-7-15-30-20)23(27)25-17-9-3-2-4-10-17/h5-8,11-17,22H,2-4,9-10H2,1H3,(H,25,27)/t22-/m0/s1. The topological polar surface area (TPSA) is 84.9 Å². The number of hydrogen-bond acceptors (Lipinski definition) is 5. The summed E-state index contributed by atoms with van der Waals surface area (Å²) >= 11 is 0. The van der Waals surface area contributed by atoms with Crippen LogP contribution >= 0.6 is 0 Å². The van der Waals surface area contributed by atoms with Gasteiger partial charge in [-0.2, -0.15) is 0 Å². The van der Waals surface area contributed by atoms with E-state index in [9.17, 15) is 9.59 Å². The van der Waals surface area contributed by atoms with E-state index in [1.807, 2.05) is 6.07 Å². The Morgan fingerprint density at radius 3 is 2.42 bits per heavy atom. The van der Waals surface area contributed by atoms with Gasteiger partial charge in [-0.05, 0) is 49.2 Å². The molecule has 0 spiro atoms. The lowest BCUT2D eigenvalue weighted by Gasteiger charge is -2.32. The normalized spacial score (nSPS) is 15.3. The first-order valence-electron chi connectivity index (χ1n) is 10.5. The molecule has 3 aromatic rings. The smallest absolute Gasteiger partial charge is 0.295 e. The van der Waals surface area contributed by atoms with Gasteiger partial charge in [-0.15, -0.1) is 0 Å². The highest BCUT2D eigenvalue weighted by Gasteiger charge is 2.38. The van der Waals surface area contributed by atoms with E-state index in [4.69, 9.17) is 13.6 Å². The van der Waals surface area contributed by atoms with Gasteiger partial charge in [0.15, 0.2) is 11.8 Å². The van der Waals surface area contributed by atoms with Crippen molar-refractivity contribution in [3.8, 4) is 5.75 Å². The van der Waals surface area contributed by atoms with Gasteiger partial charge in [-0.25, -0.2) is 0 Å². The van der Waals surface area contributed by atoms with Gasteiger partial charge in [-0.3, -0.25) is 14.5 Å². The van der Waals surface area contributed by atoms with Crippen LogP contribution in [0, 0.1) is 0 Å². The molecule has 2 aromatic heterocycles. The minimum Gasteiger partial charge on any atom is -0.495 e. The predicted molar refractivity (Wildman–Crippen MR) is 115 cm³/mol. The summed E-state index contributed by atoms with van der Waals surface area (Å²) in [5.41, 5.74) is 0.451. The number of para-hydroxylation sites is 2. The van der Waals surface area contributed by atoms with E-state index in [0.717, 1.165) is 25.7 Å². The van der Waals surface area contributed by atoms with Crippen LogP contribution in [-0.2, 0) is 4.79 Å². The zero-order valence-corrected chi connectivity index (χ0v) is 17.5. The molecular weight excluding hydrogens is 396 g/mol. The zero-order valence-electron chi connectivity index (χ0n) is 17.5. The van der Waals surface area contributed by atoms with Crippen LogP contribution in [0.2, 0.25) is 0 Å². The van der Waals surface area contributed by atoms with Crippen LogP contribution in [0.4, 0.5) is 5.69 Å². The monoisotopic (exact) mass is 422 g/mol. The van der Waals surface area contributed by atoms with Gasteiger partial charge in [0.05, 0.1) is 25.3 Å². The number of nitrogens with zero attached hydrogens (tertiary/aromatic N) is 1. The lowest BCUT2D eigenvalue weighted by atomic mass is 9.95. The largest absolute Gasteiger partial charge is 0.495 e. The first-order valence-corrected chi connectivity index (χ1v) is 10.5. The van der Waals surface area contributed by atoms with Crippen LogP contribution in [0.5, 0.6) is 5.75 Å². The SMILES string of the molecule is COc1ccccc1N(C(=O)c1ccco1)[C@H](C(=O)NC1CCCCC1)c1ccco1. The van der Waals surface area contributed by atoms with Crippen molar-refractivity contribution >= 4 is 17.5 Å². The summed E-state index contributed by atoms with van der Waals surface area (Å²) in [7, 11) is 1.53. The highest BCUT2D eigenvalue weighted by atomic mass is 16.5. The van der Waals surface area contributed by atoms with Gasteiger partial charge < -0.3 is 18.9 Å². The Morgan fingerprint density at radius 2 is 1.74 bits per heavy atom. The van der Waals surface area contributed by atoms with Crippen LogP contribution in [-0.4, -0.2) is 25.0 Å². The Balaban J connectivity index is 1.78. The van der Waals surface area contributed by atoms with Crippen molar-refractivity contribution in [2.75, 3.05) is 12.0 Å². The molecule has 1 atom stereocenters. The number of furan rings is 2. The fourth-order valence-electron chi connectivity index (χ4n) is 4.06. The maximum absolute atomic E-state index is 13.6. The quantitative estimate of drug-likeness (QED) is 0.596. The number of carbonyl (C=O) groups is 2. The number of rotatable bonds is 7. The molecule has 0 aliphatic heterocycles. The number of anilines is 1. The lowest BCUT2D eigenvalue weighted by Crippen LogP contribution is -2.47. The maximum Gasteiger partial charge on any atom is 0.295 e. The third-order valence-corrected chi connectivity index (χ3v) is 5.57. The molecule has 7 nitrogen and oxygen atoms in total. The molecule has 0 bridgehead atoms. The van der Waals surface area contributed by atoms with Crippen molar-refractivity contribution in [3.05, 3.63) is 72.6 Å². The fraction of sp³-hybridized carbons (Fsp3) is 0.333. The van der Waals surface area contributed by atoms with E-state index >= 15 is 0 Å². The second-order valence-corrected chi connectivity index (χ2v) is 7.59. The molecule has 4 rings (SSSR count). The second-order valence-electron chi connectivity index (χ2n) is 7.59. The van der Waals surface area contributed by atoms with Crippen molar-refractivity contribution in [2.24, 2.45) is 0 Å². The molecule has 2 amide bonds. The van der Waals surface area contributed by atoms with Crippen molar-refractivity contribution in [2.45, 2.75) is 44.2 Å². The highest BCUT2D eigenvalue weighted by molar-refractivity contribution is 6.09. The molecule has 162 valence electrons. The first-order chi connectivity index (χ1) is 15.2. The molecule has 2 heterocycles. The third-order valence-electron chi connectivity index (χ3n) is 5.57. The summed E-state index contributed by atoms with van der Waals surface area (Å²) < 4.78 is 16.5. The molecule has 31 heavy (non-hydrogen) atoms. The first kappa shape index (κ1) is 20.8. The van der Waals surface area contributed by atoms with Gasteiger partial charge in [0.25, 0.3) is 11.8 Å². The Bertz CT molecular complexity index is 991. The van der Waals surface area contributed by atoms with E-state index in [2.05, 4.69) is 5.32 Å². The summed E-state index contributed by atoms with van der Waals surface area (Å²) in [6.45, 7) is 0. The van der Waals surface area contributed by atoms with Crippen LogP contribution in [0.1, 0.15) is 54.5 Å². The number of carbonyl (C=O) groups excluding carboxylic acids is 2. The van der Waals surface area contributed by atoms with Gasteiger partial charge in [-0.1, -0.05) is 31.4 Å². The second kappa shape index (κ2) is 9.55. The van der Waals surface area contributed by atoms with Crippen molar-refractivity contribution in [3.63, 3.8) is 0 Å². The summed E-state index contributed by atoms with van der Waals surface area (Å²) in [6, 6.07) is 12.8. The molecule has 1 aliphatic rings. The fourth-order valence-corrected chi connectivity index (χ4v) is 4.06. The van der Waals surface area contributed by atoms with Crippen LogP contribution in [0.3, 0.4) is 0 Å². The molecule has 1 N–H and O–H groups in total. The number of benzene rings is 1. The molecule has 0 unspecified atom stereocenters. The summed E-state index contributed by atoms with van der Waals surface area (Å²) in [4.78, 5) is 28.5. The van der Waals surface area contributed by atoms with Crippen LogP contribution in [0.15, 0.2) is 69.9 Å². The van der Waals surface area contributed by atoms with Gasteiger partial charge in [0, 0.05) is 6.04 Å². The summed E-state index contributed by atoms with van der Waals surface area (Å²) in [6.07, 6.45) is 8.12. The molecular formula is C24H26N2O5. The Kier molecular flexibility index (Phi) is 6.40. The minimum atomic E-state index is -1.02. The van der Waals surface area contributed by atoms with E-state index in [-0.39, 0.29) is 17.7 Å². The summed E-state index contributed by atoms with van der Waals surface area (Å²) in [5, 5.41) is 3.13. The van der Waals surface area contributed by atoms with Crippen LogP contribution < -0.4 is 15.0 Å². The average Bonchev–Trinajstić information content (AvgIpc) is 3.52. The van der Waals surface area contributed by atoms with Crippen molar-refractivity contribution in [1.82, 2.24) is 5.32 Å². The summed E-state index contributed by atoms with van der Waals surface area (Å²) in [5.74, 6) is 0.179. The zero-order chi connectivity index (χ0) is 21.6. The third kappa shape index (κ3) is 4.50. The number of ether oxygens (including phenoxy) is 1. The molecule has 1 fully saturated rings. The van der Waals surface area contributed by atoms with Gasteiger partial charge >= 0.3 is 0 Å².